The number of amides is 1. The number of likely N-dealkylation sites (N-methyl/N-ethyl adjacent to an activating group) is 1. The lowest BCUT2D eigenvalue weighted by atomic mass is 9.78. The molecule has 72 heavy (non-hydrogen) atoms. The van der Waals surface area contributed by atoms with Crippen molar-refractivity contribution in [1.82, 2.24) is 4.90 Å². The van der Waals surface area contributed by atoms with Gasteiger partial charge in [-0.1, -0.05) is 75.8 Å². The average Bonchev–Trinajstić information content (AvgIpc) is 3.37. The van der Waals surface area contributed by atoms with E-state index in [0.717, 1.165) is 17.7 Å². The Hall–Kier alpha value is -4.22. The smallest absolute Gasteiger partial charge is 0.329 e. The van der Waals surface area contributed by atoms with Gasteiger partial charge in [0.05, 0.1) is 31.5 Å². The number of ether oxygens (including phenoxy) is 5. The van der Waals surface area contributed by atoms with E-state index < -0.39 is 77.9 Å². The Labute approximate surface area is 429 Å². The number of hydrogen-bond donors (Lipinski definition) is 4. The minimum atomic E-state index is -2.43. The molecule has 2 bridgehead atoms. The summed E-state index contributed by atoms with van der Waals surface area (Å²) in [5.41, 5.74) is 9.05. The number of allylic oxidation sites excluding steroid dienone is 5. The summed E-state index contributed by atoms with van der Waals surface area (Å²) in [7, 11) is 6.60. The Morgan fingerprint density at radius 1 is 0.889 bits per heavy atom. The zero-order valence-electron chi connectivity index (χ0n) is 44.7. The van der Waals surface area contributed by atoms with Gasteiger partial charge in [0.2, 0.25) is 5.79 Å². The summed E-state index contributed by atoms with van der Waals surface area (Å²) in [6.45, 7) is 11.5. The summed E-state index contributed by atoms with van der Waals surface area (Å²) < 4.78 is 29.6. The third-order valence-corrected chi connectivity index (χ3v) is 16.0. The number of carbonyl (C=O) groups excluding carboxylic acids is 4. The first-order valence-electron chi connectivity index (χ1n) is 26.5. The van der Waals surface area contributed by atoms with Crippen molar-refractivity contribution in [3.8, 4) is 5.75 Å². The highest BCUT2D eigenvalue weighted by Crippen LogP contribution is 2.39. The molecule has 1 saturated carbocycles. The molecular formula is C57H87N3O12. The van der Waals surface area contributed by atoms with E-state index in [1.807, 2.05) is 89.4 Å². The second-order valence-corrected chi connectivity index (χ2v) is 21.5. The van der Waals surface area contributed by atoms with Gasteiger partial charge in [-0.05, 0) is 133 Å². The van der Waals surface area contributed by atoms with Gasteiger partial charge >= 0.3 is 5.97 Å². The van der Waals surface area contributed by atoms with Crippen molar-refractivity contribution < 1.29 is 58.2 Å². The molecule has 1 aromatic rings. The molecule has 15 atom stereocenters. The number of carbonyl (C=O) groups is 4. The van der Waals surface area contributed by atoms with Gasteiger partial charge in [0, 0.05) is 57.4 Å². The normalized spacial score (nSPS) is 37.5. The third-order valence-electron chi connectivity index (χ3n) is 16.0. The lowest BCUT2D eigenvalue weighted by molar-refractivity contribution is -0.263. The first kappa shape index (κ1) is 58.7. The van der Waals surface area contributed by atoms with E-state index in [-0.39, 0.29) is 48.6 Å². The van der Waals surface area contributed by atoms with Crippen LogP contribution in [0.4, 0.5) is 5.69 Å². The van der Waals surface area contributed by atoms with Crippen LogP contribution in [0.15, 0.2) is 71.9 Å². The van der Waals surface area contributed by atoms with Crippen LogP contribution in [0.5, 0.6) is 5.75 Å². The van der Waals surface area contributed by atoms with Gasteiger partial charge < -0.3 is 54.5 Å². The lowest BCUT2D eigenvalue weighted by Gasteiger charge is -2.43. The minimum absolute atomic E-state index is 0.0249. The third kappa shape index (κ3) is 15.2. The highest BCUT2D eigenvalue weighted by molar-refractivity contribution is 6.39. The Kier molecular flexibility index (Phi) is 22.3. The largest absolute Gasteiger partial charge is 0.497 e. The second kappa shape index (κ2) is 27.4. The van der Waals surface area contributed by atoms with Crippen LogP contribution >= 0.6 is 0 Å². The van der Waals surface area contributed by atoms with Crippen molar-refractivity contribution in [2.75, 3.05) is 39.8 Å². The maximum Gasteiger partial charge on any atom is 0.329 e. The summed E-state index contributed by atoms with van der Waals surface area (Å²) in [4.78, 5) is 60.8. The van der Waals surface area contributed by atoms with Crippen LogP contribution in [-0.4, -0.2) is 139 Å². The van der Waals surface area contributed by atoms with Crippen LogP contribution in [-0.2, 0) is 38.1 Å². The maximum atomic E-state index is 14.5. The molecule has 5 N–H and O–H groups in total. The minimum Gasteiger partial charge on any atom is -0.497 e. The Morgan fingerprint density at radius 3 is 2.35 bits per heavy atom. The fourth-order valence-electron chi connectivity index (χ4n) is 11.3. The van der Waals surface area contributed by atoms with E-state index in [4.69, 9.17) is 29.4 Å². The van der Waals surface area contributed by atoms with Crippen LogP contribution < -0.4 is 15.4 Å². The predicted molar refractivity (Wildman–Crippen MR) is 278 cm³/mol. The van der Waals surface area contributed by atoms with E-state index in [1.54, 1.807) is 34.1 Å². The lowest BCUT2D eigenvalue weighted by Crippen LogP contribution is -2.61. The monoisotopic (exact) mass is 1010 g/mol. The topological polar surface area (TPSA) is 208 Å². The first-order valence-corrected chi connectivity index (χ1v) is 26.5. The van der Waals surface area contributed by atoms with Crippen molar-refractivity contribution in [2.45, 2.75) is 186 Å². The molecule has 15 heteroatoms. The number of nitrogens with zero attached hydrogens (tertiary/aromatic N) is 2. The van der Waals surface area contributed by atoms with Crippen LogP contribution in [0.2, 0.25) is 0 Å². The summed E-state index contributed by atoms with van der Waals surface area (Å²) in [5.74, 6) is -5.76. The number of esters is 1. The van der Waals surface area contributed by atoms with Gasteiger partial charge in [-0.2, -0.15) is 0 Å². The molecule has 15 nitrogen and oxygen atoms in total. The number of benzene rings is 1. The molecule has 3 heterocycles. The van der Waals surface area contributed by atoms with E-state index in [9.17, 15) is 34.5 Å². The summed E-state index contributed by atoms with van der Waals surface area (Å²) in [5, 5.41) is 34.3. The number of aliphatic hydroxyl groups is 3. The quantitative estimate of drug-likeness (QED) is 0.116. The zero-order valence-corrected chi connectivity index (χ0v) is 44.7. The molecule has 0 spiro atoms. The molecule has 4 aliphatic rings. The molecule has 3 fully saturated rings. The maximum absolute atomic E-state index is 14.5. The van der Waals surface area contributed by atoms with Gasteiger partial charge in [-0.15, -0.1) is 0 Å². The molecule has 5 rings (SSSR count). The number of methoxy groups -OCH3 is 3. The molecule has 7 unspecified atom stereocenters. The highest BCUT2D eigenvalue weighted by atomic mass is 16.6. The SMILES string of the molecule is COc1cccc(N(C)[C@@H]2C[C@@H]3CCC(C)C(O)(O3)C(=O)C(=O)N3CCCCC3C(=O)O[C@H]([C@H](C)CC3CC[C@@H](O)C(OC)C3)CC[C@H](N)/C=C(\C)C(O)[C@@H](OC)C(=O)C(C)C[C@H](C)/C=C/C=C/C=C/2C)c1. The molecule has 0 radical (unpaired) electrons. The number of nitrogens with two attached hydrogens (primary N) is 1. The van der Waals surface area contributed by atoms with Gasteiger partial charge in [-0.25, -0.2) is 4.79 Å². The number of piperidine rings is 1. The van der Waals surface area contributed by atoms with Crippen molar-refractivity contribution in [1.29, 1.82) is 0 Å². The van der Waals surface area contributed by atoms with Crippen LogP contribution in [0, 0.1) is 29.6 Å². The Morgan fingerprint density at radius 2 is 1.64 bits per heavy atom. The summed E-state index contributed by atoms with van der Waals surface area (Å²) in [6, 6.07) is 5.77. The molecular weight excluding hydrogens is 919 g/mol. The number of cyclic esters (lactones) is 1. The van der Waals surface area contributed by atoms with E-state index >= 15 is 0 Å². The average molecular weight is 1010 g/mol. The van der Waals surface area contributed by atoms with Crippen molar-refractivity contribution in [2.24, 2.45) is 35.3 Å². The van der Waals surface area contributed by atoms with Gasteiger partial charge in [0.25, 0.3) is 11.7 Å². The second-order valence-electron chi connectivity index (χ2n) is 21.5. The molecule has 1 aromatic carbocycles. The number of Topliss-reactive ketones (excluding diaryl/α,β-unsaturated/α-hetero) is 2. The number of fused-ring (bicyclic) bond motifs is 3. The van der Waals surface area contributed by atoms with Crippen molar-refractivity contribution in [3.05, 3.63) is 71.9 Å². The summed E-state index contributed by atoms with van der Waals surface area (Å²) in [6.07, 6.45) is 13.9. The number of aliphatic hydroxyl groups excluding tert-OH is 2. The molecule has 402 valence electrons. The zero-order chi connectivity index (χ0) is 52.9. The molecule has 1 amide bonds. The molecule has 2 saturated heterocycles. The van der Waals surface area contributed by atoms with Gasteiger partial charge in [0.15, 0.2) is 5.78 Å². The molecule has 0 aromatic heterocycles. The fraction of sp³-hybridized carbons (Fsp3) is 0.684. The number of anilines is 1. The summed E-state index contributed by atoms with van der Waals surface area (Å²) >= 11 is 0. The van der Waals surface area contributed by atoms with Crippen LogP contribution in [0.25, 0.3) is 0 Å². The first-order chi connectivity index (χ1) is 34.2. The van der Waals surface area contributed by atoms with E-state index in [2.05, 4.69) is 4.90 Å². The van der Waals surface area contributed by atoms with Gasteiger partial charge in [0.1, 0.15) is 30.1 Å². The van der Waals surface area contributed by atoms with Crippen molar-refractivity contribution in [3.63, 3.8) is 0 Å². The molecule has 3 aliphatic heterocycles. The Balaban J connectivity index is 1.50. The Bertz CT molecular complexity index is 2090. The number of rotatable bonds is 8. The van der Waals surface area contributed by atoms with Crippen LogP contribution in [0.3, 0.4) is 0 Å². The highest BCUT2D eigenvalue weighted by Gasteiger charge is 2.53. The molecule has 1 aliphatic carbocycles. The van der Waals surface area contributed by atoms with Crippen molar-refractivity contribution >= 4 is 29.1 Å². The van der Waals surface area contributed by atoms with Gasteiger partial charge in [-0.3, -0.25) is 14.4 Å². The van der Waals surface area contributed by atoms with E-state index in [1.165, 1.54) is 12.0 Å². The fourth-order valence-corrected chi connectivity index (χ4v) is 11.3. The van der Waals surface area contributed by atoms with E-state index in [0.29, 0.717) is 82.0 Å². The predicted octanol–water partition coefficient (Wildman–Crippen LogP) is 7.19. The number of hydrogen-bond acceptors (Lipinski definition) is 14. The standard InChI is InChI=1S/C57H87N3O12/c1-35-17-12-11-13-18-36(2)47(59(7)43-19-16-20-44(33-43)68-8)34-45-25-22-40(6)57(67,72-45)54(64)55(65)60-28-15-14-21-46(60)56(66)71-49(37(3)30-41-23-26-48(61)50(32-41)69-9)27-24-42(58)31-39(5)52(63)53(70-10)51(62)38(4)29-35/h11-13,16-20,31,33,35,37-38,40-42,45-50,52-53,61,63,67H,14-15,21-30,32,34,58H2,1-10H3/b13-11+,17-12+,36-18+,39-31+/t35-,37-,38?,40?,41?,42+,45+,46?,47-,48-,49+,50?,52?,53+,57?/m1/s1. The number of ketones is 2. The van der Waals surface area contributed by atoms with Crippen LogP contribution in [0.1, 0.15) is 125 Å².